The minimum Gasteiger partial charge on any atom is -0.421 e. The molecule has 1 saturated carbocycles. The second-order valence-electron chi connectivity index (χ2n) is 5.50. The Balaban J connectivity index is 1.59. The van der Waals surface area contributed by atoms with Gasteiger partial charge in [0.1, 0.15) is 0 Å². The van der Waals surface area contributed by atoms with Crippen LogP contribution in [0, 0.1) is 5.92 Å². The molecular formula is C15H16N4O. The van der Waals surface area contributed by atoms with Gasteiger partial charge in [0.05, 0.1) is 23.6 Å². The van der Waals surface area contributed by atoms with E-state index in [0.717, 1.165) is 29.3 Å². The Labute approximate surface area is 116 Å². The normalized spacial score (nSPS) is 16.2. The van der Waals surface area contributed by atoms with E-state index in [4.69, 9.17) is 4.42 Å². The second-order valence-corrected chi connectivity index (χ2v) is 5.50. The maximum absolute atomic E-state index is 5.80. The average molecular weight is 268 g/mol. The number of pyridine rings is 1. The van der Waals surface area contributed by atoms with Crippen molar-refractivity contribution in [2.45, 2.75) is 32.1 Å². The fraction of sp³-hybridized carbons (Fsp3) is 0.400. The smallest absolute Gasteiger partial charge is 0.249 e. The maximum atomic E-state index is 5.80. The van der Waals surface area contributed by atoms with Crippen molar-refractivity contribution in [2.75, 3.05) is 0 Å². The molecule has 102 valence electrons. The highest BCUT2D eigenvalue weighted by Gasteiger charge is 2.19. The molecule has 5 heteroatoms. The van der Waals surface area contributed by atoms with Crippen molar-refractivity contribution in [3.63, 3.8) is 0 Å². The van der Waals surface area contributed by atoms with Gasteiger partial charge >= 0.3 is 0 Å². The number of rotatable bonds is 3. The summed E-state index contributed by atoms with van der Waals surface area (Å²) in [4.78, 5) is 4.11. The molecule has 1 fully saturated rings. The average Bonchev–Trinajstić information content (AvgIpc) is 3.19. The van der Waals surface area contributed by atoms with E-state index in [1.165, 1.54) is 25.7 Å². The van der Waals surface area contributed by atoms with Crippen LogP contribution in [0.4, 0.5) is 0 Å². The summed E-state index contributed by atoms with van der Waals surface area (Å²) >= 11 is 0. The zero-order chi connectivity index (χ0) is 13.4. The largest absolute Gasteiger partial charge is 0.421 e. The SMILES string of the molecule is c1cc2cncn2cc1-c1nnc(CC2CCCC2)o1. The van der Waals surface area contributed by atoms with Gasteiger partial charge in [0.15, 0.2) is 0 Å². The lowest BCUT2D eigenvalue weighted by molar-refractivity contribution is 0.437. The highest BCUT2D eigenvalue weighted by atomic mass is 16.4. The van der Waals surface area contributed by atoms with Crippen LogP contribution >= 0.6 is 0 Å². The van der Waals surface area contributed by atoms with Crippen LogP contribution in [0.25, 0.3) is 17.0 Å². The van der Waals surface area contributed by atoms with E-state index in [1.54, 1.807) is 6.33 Å². The quantitative estimate of drug-likeness (QED) is 0.732. The number of aromatic nitrogens is 4. The van der Waals surface area contributed by atoms with Gasteiger partial charge in [-0.3, -0.25) is 0 Å². The lowest BCUT2D eigenvalue weighted by Crippen LogP contribution is -1.98. The van der Waals surface area contributed by atoms with Crippen molar-refractivity contribution >= 4 is 5.52 Å². The zero-order valence-electron chi connectivity index (χ0n) is 11.2. The molecule has 20 heavy (non-hydrogen) atoms. The minimum atomic E-state index is 0.591. The number of nitrogens with zero attached hydrogens (tertiary/aromatic N) is 4. The summed E-state index contributed by atoms with van der Waals surface area (Å²) in [5.74, 6) is 2.07. The van der Waals surface area contributed by atoms with Crippen LogP contribution in [0.2, 0.25) is 0 Å². The predicted octanol–water partition coefficient (Wildman–Crippen LogP) is 3.12. The van der Waals surface area contributed by atoms with Gasteiger partial charge in [0.25, 0.3) is 0 Å². The Morgan fingerprint density at radius 3 is 3.00 bits per heavy atom. The topological polar surface area (TPSA) is 56.2 Å². The number of fused-ring (bicyclic) bond motifs is 1. The molecule has 0 aliphatic heterocycles. The third-order valence-corrected chi connectivity index (χ3v) is 4.06. The van der Waals surface area contributed by atoms with Crippen molar-refractivity contribution < 1.29 is 4.42 Å². The van der Waals surface area contributed by atoms with Crippen LogP contribution in [-0.4, -0.2) is 19.6 Å². The summed E-state index contributed by atoms with van der Waals surface area (Å²) in [5.41, 5.74) is 1.99. The van der Waals surface area contributed by atoms with E-state index in [1.807, 2.05) is 28.9 Å². The first-order valence-electron chi connectivity index (χ1n) is 7.13. The first kappa shape index (κ1) is 11.6. The van der Waals surface area contributed by atoms with E-state index in [9.17, 15) is 0 Å². The fourth-order valence-corrected chi connectivity index (χ4v) is 2.96. The van der Waals surface area contributed by atoms with Gasteiger partial charge < -0.3 is 8.82 Å². The van der Waals surface area contributed by atoms with Crippen LogP contribution in [0.5, 0.6) is 0 Å². The molecule has 0 spiro atoms. The molecule has 1 aliphatic rings. The first-order valence-corrected chi connectivity index (χ1v) is 7.13. The van der Waals surface area contributed by atoms with Gasteiger partial charge in [0.2, 0.25) is 11.8 Å². The maximum Gasteiger partial charge on any atom is 0.249 e. The Morgan fingerprint density at radius 2 is 2.10 bits per heavy atom. The number of hydrogen-bond donors (Lipinski definition) is 0. The lowest BCUT2D eigenvalue weighted by Gasteiger charge is -2.03. The van der Waals surface area contributed by atoms with Gasteiger partial charge in [-0.2, -0.15) is 0 Å². The van der Waals surface area contributed by atoms with Gasteiger partial charge in [-0.15, -0.1) is 10.2 Å². The standard InChI is InChI=1S/C15H16N4O/c1-2-4-11(3-1)7-14-17-18-15(20-14)12-5-6-13-8-16-10-19(13)9-12/h5-6,8-11H,1-4,7H2. The Bertz CT molecular complexity index is 724. The van der Waals surface area contributed by atoms with Crippen LogP contribution in [0.15, 0.2) is 35.3 Å². The Morgan fingerprint density at radius 1 is 1.20 bits per heavy atom. The molecule has 3 aromatic rings. The molecule has 3 aromatic heterocycles. The molecule has 0 aromatic carbocycles. The summed E-state index contributed by atoms with van der Waals surface area (Å²) < 4.78 is 7.76. The molecule has 0 radical (unpaired) electrons. The molecule has 1 aliphatic carbocycles. The minimum absolute atomic E-state index is 0.591. The molecule has 0 N–H and O–H groups in total. The first-order chi connectivity index (χ1) is 9.88. The van der Waals surface area contributed by atoms with Gasteiger partial charge in [-0.25, -0.2) is 4.98 Å². The van der Waals surface area contributed by atoms with Gasteiger partial charge in [0, 0.05) is 12.6 Å². The van der Waals surface area contributed by atoms with Gasteiger partial charge in [-0.05, 0) is 30.9 Å². The highest BCUT2D eigenvalue weighted by molar-refractivity contribution is 5.57. The zero-order valence-corrected chi connectivity index (χ0v) is 11.2. The monoisotopic (exact) mass is 268 g/mol. The fourth-order valence-electron chi connectivity index (χ4n) is 2.96. The Hall–Kier alpha value is -2.17. The van der Waals surface area contributed by atoms with E-state index < -0.39 is 0 Å². The van der Waals surface area contributed by atoms with Crippen molar-refractivity contribution in [1.82, 2.24) is 19.6 Å². The van der Waals surface area contributed by atoms with Crippen LogP contribution < -0.4 is 0 Å². The molecule has 4 rings (SSSR count). The number of hydrogen-bond acceptors (Lipinski definition) is 4. The predicted molar refractivity (Wildman–Crippen MR) is 74.1 cm³/mol. The summed E-state index contributed by atoms with van der Waals surface area (Å²) in [7, 11) is 0. The third-order valence-electron chi connectivity index (χ3n) is 4.06. The summed E-state index contributed by atoms with van der Waals surface area (Å²) in [6.45, 7) is 0. The lowest BCUT2D eigenvalue weighted by atomic mass is 10.0. The summed E-state index contributed by atoms with van der Waals surface area (Å²) in [5, 5.41) is 8.35. The molecule has 0 saturated heterocycles. The van der Waals surface area contributed by atoms with Crippen molar-refractivity contribution in [3.8, 4) is 11.5 Å². The summed E-state index contributed by atoms with van der Waals surface area (Å²) in [6.07, 6.45) is 11.7. The van der Waals surface area contributed by atoms with Crippen LogP contribution in [0.3, 0.4) is 0 Å². The van der Waals surface area contributed by atoms with E-state index in [0.29, 0.717) is 5.89 Å². The molecule has 3 heterocycles. The third kappa shape index (κ3) is 2.09. The summed E-state index contributed by atoms with van der Waals surface area (Å²) in [6, 6.07) is 3.99. The molecular weight excluding hydrogens is 252 g/mol. The number of imidazole rings is 1. The molecule has 0 unspecified atom stereocenters. The molecule has 0 atom stereocenters. The molecule has 0 amide bonds. The van der Waals surface area contributed by atoms with Gasteiger partial charge in [-0.1, -0.05) is 12.8 Å². The highest BCUT2D eigenvalue weighted by Crippen LogP contribution is 2.28. The van der Waals surface area contributed by atoms with Crippen LogP contribution in [-0.2, 0) is 6.42 Å². The van der Waals surface area contributed by atoms with Crippen molar-refractivity contribution in [1.29, 1.82) is 0 Å². The second kappa shape index (κ2) is 4.74. The van der Waals surface area contributed by atoms with Crippen molar-refractivity contribution in [3.05, 3.63) is 36.7 Å². The van der Waals surface area contributed by atoms with Crippen molar-refractivity contribution in [2.24, 2.45) is 5.92 Å². The molecule has 5 nitrogen and oxygen atoms in total. The molecule has 0 bridgehead atoms. The van der Waals surface area contributed by atoms with E-state index in [-0.39, 0.29) is 0 Å². The van der Waals surface area contributed by atoms with E-state index in [2.05, 4.69) is 15.2 Å². The Kier molecular flexibility index (Phi) is 2.76. The van der Waals surface area contributed by atoms with E-state index >= 15 is 0 Å². The van der Waals surface area contributed by atoms with Crippen LogP contribution in [0.1, 0.15) is 31.6 Å².